The van der Waals surface area contributed by atoms with Gasteiger partial charge in [0, 0.05) is 0 Å². The van der Waals surface area contributed by atoms with E-state index in [9.17, 15) is 0 Å². The predicted molar refractivity (Wildman–Crippen MR) is 118 cm³/mol. The summed E-state index contributed by atoms with van der Waals surface area (Å²) in [7, 11) is 0. The van der Waals surface area contributed by atoms with E-state index < -0.39 is 22.9 Å². The van der Waals surface area contributed by atoms with Gasteiger partial charge in [-0.25, -0.2) is 0 Å². The van der Waals surface area contributed by atoms with Crippen LogP contribution in [0.25, 0.3) is 0 Å². The summed E-state index contributed by atoms with van der Waals surface area (Å²) in [5.74, 6) is 0. The summed E-state index contributed by atoms with van der Waals surface area (Å²) in [6.45, 7) is 9.36. The number of hydrogen-bond acceptors (Lipinski definition) is 0. The van der Waals surface area contributed by atoms with Gasteiger partial charge in [-0.05, 0) is 0 Å². The molecule has 0 aromatic carbocycles. The Bertz CT molecular complexity index is 533. The van der Waals surface area contributed by atoms with Gasteiger partial charge in [0.15, 0.2) is 0 Å². The van der Waals surface area contributed by atoms with Gasteiger partial charge in [0.05, 0.1) is 0 Å². The topological polar surface area (TPSA) is 0 Å². The van der Waals surface area contributed by atoms with Gasteiger partial charge in [-0.2, -0.15) is 0 Å². The standard InChI is InChI=1S/2C13H21.Hf/c2*1-3-5-8-12-10-7-11-13(12)9-6-4-2;/h2*7H,3-6,8-10H2,1-2H3;. The van der Waals surface area contributed by atoms with Crippen LogP contribution < -0.4 is 0 Å². The van der Waals surface area contributed by atoms with E-state index in [-0.39, 0.29) is 0 Å². The third kappa shape index (κ3) is 6.98. The number of hydrogen-bond donors (Lipinski definition) is 0. The molecule has 0 aromatic rings. The summed E-state index contributed by atoms with van der Waals surface area (Å²) < 4.78 is 3.76. The van der Waals surface area contributed by atoms with Crippen molar-refractivity contribution in [3.8, 4) is 0 Å². The van der Waals surface area contributed by atoms with Gasteiger partial charge in [0.1, 0.15) is 0 Å². The molecule has 27 heavy (non-hydrogen) atoms. The van der Waals surface area contributed by atoms with Crippen molar-refractivity contribution in [2.75, 3.05) is 0 Å². The average molecular weight is 533 g/mol. The number of unbranched alkanes of at least 4 members (excludes halogenated alkanes) is 4. The SMILES string of the molecule is CCCCC1=C(CCCC)[C]([Hf][C]2=CCC(CCCC)=C2CCCC)=CC1. The first kappa shape index (κ1) is 23.1. The van der Waals surface area contributed by atoms with Crippen LogP contribution >= 0.6 is 0 Å². The Morgan fingerprint density at radius 3 is 1.33 bits per heavy atom. The summed E-state index contributed by atoms with van der Waals surface area (Å²) in [5, 5.41) is 0. The first-order chi connectivity index (χ1) is 13.2. The van der Waals surface area contributed by atoms with Crippen molar-refractivity contribution in [1.29, 1.82) is 0 Å². The summed E-state index contributed by atoms with van der Waals surface area (Å²) in [6, 6.07) is 0. The van der Waals surface area contributed by atoms with Crippen LogP contribution in [0.2, 0.25) is 0 Å². The Balaban J connectivity index is 2.12. The van der Waals surface area contributed by atoms with E-state index in [1.54, 1.807) is 0 Å². The maximum atomic E-state index is 2.67. The molecule has 0 spiro atoms. The van der Waals surface area contributed by atoms with Gasteiger partial charge in [-0.3, -0.25) is 0 Å². The van der Waals surface area contributed by atoms with Gasteiger partial charge in [-0.1, -0.05) is 0 Å². The van der Waals surface area contributed by atoms with Gasteiger partial charge in [0.2, 0.25) is 0 Å². The van der Waals surface area contributed by atoms with Crippen molar-refractivity contribution >= 4 is 0 Å². The van der Waals surface area contributed by atoms with E-state index in [2.05, 4.69) is 39.8 Å². The average Bonchev–Trinajstić information content (AvgIpc) is 3.25. The summed E-state index contributed by atoms with van der Waals surface area (Å²) in [5.41, 5.74) is 7.31. The fraction of sp³-hybridized carbons (Fsp3) is 0.692. The van der Waals surface area contributed by atoms with Crippen LogP contribution in [-0.2, 0) is 22.9 Å². The van der Waals surface area contributed by atoms with E-state index >= 15 is 0 Å². The van der Waals surface area contributed by atoms with E-state index in [4.69, 9.17) is 0 Å². The van der Waals surface area contributed by atoms with Crippen LogP contribution in [0.15, 0.2) is 41.1 Å². The first-order valence-corrected chi connectivity index (χ1v) is 15.4. The summed E-state index contributed by atoms with van der Waals surface area (Å²) >= 11 is -0.891. The molecule has 150 valence electrons. The minimum atomic E-state index is -0.891. The van der Waals surface area contributed by atoms with E-state index in [1.165, 1.54) is 89.9 Å². The predicted octanol–water partition coefficient (Wildman–Crippen LogP) is 9.00. The molecule has 0 nitrogen and oxygen atoms in total. The zero-order valence-corrected chi connectivity index (χ0v) is 22.1. The molecule has 0 N–H and O–H groups in total. The van der Waals surface area contributed by atoms with Crippen molar-refractivity contribution in [1.82, 2.24) is 0 Å². The van der Waals surface area contributed by atoms with Crippen molar-refractivity contribution in [2.24, 2.45) is 0 Å². The van der Waals surface area contributed by atoms with Crippen molar-refractivity contribution in [3.05, 3.63) is 41.1 Å². The Morgan fingerprint density at radius 1 is 0.593 bits per heavy atom. The number of rotatable bonds is 14. The molecule has 0 fully saturated rings. The molecular formula is C26H42Hf. The van der Waals surface area contributed by atoms with Crippen LogP contribution in [0.4, 0.5) is 0 Å². The van der Waals surface area contributed by atoms with Crippen molar-refractivity contribution < 1.29 is 22.9 Å². The van der Waals surface area contributed by atoms with Crippen LogP contribution in [0.3, 0.4) is 0 Å². The molecule has 0 heterocycles. The van der Waals surface area contributed by atoms with Crippen molar-refractivity contribution in [3.63, 3.8) is 0 Å². The second-order valence-electron chi connectivity index (χ2n) is 8.35. The van der Waals surface area contributed by atoms with Crippen molar-refractivity contribution in [2.45, 2.75) is 118 Å². The monoisotopic (exact) mass is 534 g/mol. The fourth-order valence-corrected chi connectivity index (χ4v) is 10.1. The van der Waals surface area contributed by atoms with Crippen LogP contribution in [0.1, 0.15) is 118 Å². The molecule has 2 aliphatic rings. The molecule has 0 unspecified atom stereocenters. The normalized spacial score (nSPS) is 17.0. The molecule has 0 bridgehead atoms. The zero-order chi connectivity index (χ0) is 19.5. The van der Waals surface area contributed by atoms with Gasteiger partial charge >= 0.3 is 182 Å². The molecule has 0 amide bonds. The molecule has 2 aliphatic carbocycles. The quantitative estimate of drug-likeness (QED) is 0.196. The molecular weight excluding hydrogens is 491 g/mol. The second-order valence-corrected chi connectivity index (χ2v) is 13.1. The van der Waals surface area contributed by atoms with E-state index in [0.717, 1.165) is 0 Å². The van der Waals surface area contributed by atoms with Gasteiger partial charge in [0.25, 0.3) is 0 Å². The molecule has 0 saturated heterocycles. The van der Waals surface area contributed by atoms with Crippen LogP contribution in [0, 0.1) is 0 Å². The summed E-state index contributed by atoms with van der Waals surface area (Å²) in [4.78, 5) is 0. The molecule has 2 rings (SSSR count). The third-order valence-corrected chi connectivity index (χ3v) is 11.7. The molecule has 0 aliphatic heterocycles. The molecule has 0 radical (unpaired) electrons. The zero-order valence-electron chi connectivity index (χ0n) is 18.6. The summed E-state index contributed by atoms with van der Waals surface area (Å²) in [6.07, 6.45) is 24.2. The number of allylic oxidation sites excluding steroid dienone is 8. The third-order valence-electron chi connectivity index (χ3n) is 6.10. The van der Waals surface area contributed by atoms with Gasteiger partial charge < -0.3 is 0 Å². The van der Waals surface area contributed by atoms with E-state index in [1.807, 2.05) is 29.0 Å². The van der Waals surface area contributed by atoms with Crippen LogP contribution in [0.5, 0.6) is 0 Å². The van der Waals surface area contributed by atoms with Crippen LogP contribution in [-0.4, -0.2) is 0 Å². The molecule has 0 aromatic heterocycles. The minimum absolute atomic E-state index is 0.891. The Hall–Kier alpha value is -0.170. The van der Waals surface area contributed by atoms with Gasteiger partial charge in [-0.15, -0.1) is 0 Å². The van der Waals surface area contributed by atoms with E-state index in [0.29, 0.717) is 0 Å². The first-order valence-electron chi connectivity index (χ1n) is 11.8. The second kappa shape index (κ2) is 13.1. The fourth-order valence-electron chi connectivity index (χ4n) is 4.34. The maximum absolute atomic E-state index is 2.67. The molecule has 0 saturated carbocycles. The Labute approximate surface area is 181 Å². The molecule has 1 heteroatoms. The Morgan fingerprint density at radius 2 is 0.963 bits per heavy atom. The molecule has 0 atom stereocenters. The Kier molecular flexibility index (Phi) is 11.2.